The van der Waals surface area contributed by atoms with Crippen LogP contribution in [0.3, 0.4) is 0 Å². The number of hydrogen-bond donors (Lipinski definition) is 3. The van der Waals surface area contributed by atoms with E-state index in [1.807, 2.05) is 68.4 Å². The van der Waals surface area contributed by atoms with Crippen molar-refractivity contribution in [3.05, 3.63) is 102 Å². The molecule has 0 aliphatic carbocycles. The van der Waals surface area contributed by atoms with E-state index >= 15 is 0 Å². The van der Waals surface area contributed by atoms with E-state index in [1.54, 1.807) is 57.2 Å². The van der Waals surface area contributed by atoms with Gasteiger partial charge in [0.05, 0.1) is 22.6 Å². The van der Waals surface area contributed by atoms with Crippen molar-refractivity contribution in [1.82, 2.24) is 9.80 Å². The van der Waals surface area contributed by atoms with Crippen molar-refractivity contribution in [2.45, 2.75) is 85.5 Å². The second-order valence-corrected chi connectivity index (χ2v) is 23.3. The normalized spacial score (nSPS) is 24.8. The maximum absolute atomic E-state index is 12.3. The third-order valence-electron chi connectivity index (χ3n) is 12.6. The number of carboxylic acid groups (broad SMARTS) is 3. The van der Waals surface area contributed by atoms with Crippen LogP contribution in [0.25, 0.3) is 0 Å². The van der Waals surface area contributed by atoms with Crippen LogP contribution in [-0.2, 0) is 43.2 Å². The molecular weight excluding hydrogens is 991 g/mol. The summed E-state index contributed by atoms with van der Waals surface area (Å²) in [5.41, 5.74) is 0.842. The van der Waals surface area contributed by atoms with Gasteiger partial charge in [-0.2, -0.15) is 0 Å². The number of ether oxygens (including phenoxy) is 3. The number of Topliss-reactive ketones (excluding diaryl/α,β-unsaturated/α-hetero) is 3. The lowest BCUT2D eigenvalue weighted by Crippen LogP contribution is -2.63. The zero-order chi connectivity index (χ0) is 52.2. The standard InChI is InChI=1S/C17H19NO5S.2C17H17NO5S/c2*1-17(2)13(16(21)22)18-14(20)12(15(18)24-17)8-10(19)9-23-11-6-4-3-5-7-11;1-10-9-24-16-13(15(20)18(16)14(10)17(21)22)7-11(19)8-23-12-5-3-2-4-6-12/h3-7,12-13,15H,8-9H2,1-2H3,(H,21,22);3-7,12,15H,8-9H2,1-2H3;2-6,13,16H,7-9H2,1H3,(H,21,22)/p+1/t12?,13-,15?;;/m0../s1. The highest BCUT2D eigenvalue weighted by Gasteiger charge is 2.67. The maximum atomic E-state index is 12.3. The van der Waals surface area contributed by atoms with Crippen LogP contribution in [-0.4, -0.2) is 146 Å². The monoisotopic (exact) mass is 1040 g/mol. The van der Waals surface area contributed by atoms with E-state index in [4.69, 9.17) is 14.2 Å². The molecular formula is C51H54N3O15S3+. The minimum absolute atomic E-state index is 0.0629. The molecule has 6 aliphatic heterocycles. The van der Waals surface area contributed by atoms with E-state index in [0.717, 1.165) is 0 Å². The molecule has 4 fully saturated rings. The van der Waals surface area contributed by atoms with Gasteiger partial charge in [0, 0.05) is 29.8 Å². The molecule has 0 spiro atoms. The highest BCUT2D eigenvalue weighted by atomic mass is 32.2. The Morgan fingerprint density at radius 1 is 0.625 bits per heavy atom. The fourth-order valence-electron chi connectivity index (χ4n) is 9.24. The van der Waals surface area contributed by atoms with E-state index in [0.29, 0.717) is 28.6 Å². The minimum atomic E-state index is -1.09. The number of carbonyl (C=O) groups is 9. The Morgan fingerprint density at radius 3 is 1.50 bits per heavy atom. The summed E-state index contributed by atoms with van der Waals surface area (Å²) in [5.74, 6) is -3.53. The number of fused-ring (bicyclic) bond motifs is 3. The van der Waals surface area contributed by atoms with Crippen molar-refractivity contribution in [2.24, 2.45) is 17.8 Å². The molecule has 6 unspecified atom stereocenters. The van der Waals surface area contributed by atoms with Crippen LogP contribution >= 0.6 is 35.3 Å². The van der Waals surface area contributed by atoms with Crippen LogP contribution < -0.4 is 14.2 Å². The second-order valence-electron chi connectivity index (χ2n) is 18.7. The number of para-hydroxylation sites is 3. The zero-order valence-corrected chi connectivity index (χ0v) is 42.4. The first-order valence-electron chi connectivity index (χ1n) is 22.9. The maximum Gasteiger partial charge on any atom is 0.399 e. The summed E-state index contributed by atoms with van der Waals surface area (Å²) in [6.45, 7) is 8.64. The number of ketones is 3. The summed E-state index contributed by atoms with van der Waals surface area (Å²) in [6.07, 6.45) is 0.233. The molecule has 4 saturated heterocycles. The van der Waals surface area contributed by atoms with Crippen molar-refractivity contribution in [1.29, 1.82) is 0 Å². The molecule has 9 rings (SSSR count). The summed E-state index contributed by atoms with van der Waals surface area (Å²) in [7, 11) is 0. The number of benzene rings is 3. The van der Waals surface area contributed by atoms with Gasteiger partial charge in [0.1, 0.15) is 53.6 Å². The number of hydrogen-bond acceptors (Lipinski definition) is 15. The Labute approximate surface area is 427 Å². The van der Waals surface area contributed by atoms with E-state index in [1.165, 1.54) is 49.7 Å². The van der Waals surface area contributed by atoms with Crippen LogP contribution in [0.5, 0.6) is 17.2 Å². The average Bonchev–Trinajstić information content (AvgIpc) is 3.77. The van der Waals surface area contributed by atoms with Crippen molar-refractivity contribution in [2.75, 3.05) is 25.6 Å². The number of β-lactam (4-membered cyclic amide) rings is 3. The van der Waals surface area contributed by atoms with Crippen LogP contribution in [0.4, 0.5) is 0 Å². The summed E-state index contributed by atoms with van der Waals surface area (Å²) < 4.78 is 16.3. The van der Waals surface area contributed by atoms with E-state index in [2.05, 4.69) is 0 Å². The second kappa shape index (κ2) is 22.1. The summed E-state index contributed by atoms with van der Waals surface area (Å²) in [6, 6.07) is 26.2. The highest BCUT2D eigenvalue weighted by Crippen LogP contribution is 2.54. The molecule has 0 radical (unpaired) electrons. The SMILES string of the molecule is CC1(C)SC2C(CC(=O)COc3ccccc3)C(=O)N2[C@H]1C(=O)O.CC1(C)SC2C(CC(=O)COc3ccccc3)C(=O)[N+]2=C1C(=O)O.CC1=C(C(=O)O)N2C(=O)C(CC(=O)COc3ccccc3)C2SC1. The predicted molar refractivity (Wildman–Crippen MR) is 266 cm³/mol. The number of amides is 3. The van der Waals surface area contributed by atoms with Crippen LogP contribution in [0.1, 0.15) is 53.9 Å². The Balaban J connectivity index is 0.000000158. The molecule has 0 saturated carbocycles. The number of nitrogens with zero attached hydrogens (tertiary/aromatic N) is 3. The average molecular weight is 1050 g/mol. The third-order valence-corrected chi connectivity index (χ3v) is 17.3. The molecule has 3 aromatic rings. The molecule has 3 N–H and O–H groups in total. The molecule has 21 heteroatoms. The first-order chi connectivity index (χ1) is 34.1. The quantitative estimate of drug-likeness (QED) is 0.108. The zero-order valence-electron chi connectivity index (χ0n) is 40.0. The van der Waals surface area contributed by atoms with Gasteiger partial charge in [0.25, 0.3) is 5.71 Å². The van der Waals surface area contributed by atoms with Crippen LogP contribution in [0, 0.1) is 17.8 Å². The number of carboxylic acids is 3. The lowest BCUT2D eigenvalue weighted by molar-refractivity contribution is -0.518. The van der Waals surface area contributed by atoms with E-state index in [-0.39, 0.29) is 102 Å². The molecule has 0 aromatic heterocycles. The van der Waals surface area contributed by atoms with Gasteiger partial charge in [-0.05, 0) is 76.6 Å². The van der Waals surface area contributed by atoms with Crippen molar-refractivity contribution >= 4 is 94.0 Å². The number of thioether (sulfide) groups is 3. The molecule has 6 aliphatic rings. The first-order valence-corrected chi connectivity index (χ1v) is 25.7. The molecule has 3 amide bonds. The lowest BCUT2D eigenvalue weighted by Gasteiger charge is -2.49. The Morgan fingerprint density at radius 2 is 1.07 bits per heavy atom. The van der Waals surface area contributed by atoms with E-state index < -0.39 is 51.2 Å². The fourth-order valence-corrected chi connectivity index (χ4v) is 13.9. The van der Waals surface area contributed by atoms with Crippen LogP contribution in [0.15, 0.2) is 102 Å². The molecule has 3 aromatic carbocycles. The molecule has 72 heavy (non-hydrogen) atoms. The molecule has 0 bridgehead atoms. The molecule has 7 atom stereocenters. The van der Waals surface area contributed by atoms with Gasteiger partial charge in [-0.15, -0.1) is 28.1 Å². The third kappa shape index (κ3) is 11.4. The highest BCUT2D eigenvalue weighted by molar-refractivity contribution is 8.02. The number of carbonyl (C=O) groups excluding carboxylic acids is 6. The van der Waals surface area contributed by atoms with Gasteiger partial charge in [-0.3, -0.25) is 28.9 Å². The fraction of sp³-hybridized carbons (Fsp3) is 0.412. The van der Waals surface area contributed by atoms with Gasteiger partial charge in [0.2, 0.25) is 17.2 Å². The topological polar surface area (TPSA) is 251 Å². The first kappa shape index (κ1) is 53.4. The lowest BCUT2D eigenvalue weighted by atomic mass is 9.88. The van der Waals surface area contributed by atoms with Gasteiger partial charge in [-0.1, -0.05) is 66.4 Å². The van der Waals surface area contributed by atoms with Gasteiger partial charge < -0.3 is 34.4 Å². The number of aliphatic carboxylic acids is 3. The van der Waals surface area contributed by atoms with Gasteiger partial charge >= 0.3 is 23.8 Å². The smallest absolute Gasteiger partial charge is 0.399 e. The van der Waals surface area contributed by atoms with Crippen molar-refractivity contribution < 1.29 is 77.3 Å². The summed E-state index contributed by atoms with van der Waals surface area (Å²) in [5, 5.41) is 27.2. The van der Waals surface area contributed by atoms with Crippen LogP contribution in [0.2, 0.25) is 0 Å². The predicted octanol–water partition coefficient (Wildman–Crippen LogP) is 5.27. The van der Waals surface area contributed by atoms with Crippen molar-refractivity contribution in [3.8, 4) is 17.2 Å². The van der Waals surface area contributed by atoms with E-state index in [9.17, 15) is 58.5 Å². The minimum Gasteiger partial charge on any atom is -0.486 e. The van der Waals surface area contributed by atoms with Gasteiger partial charge in [0.15, 0.2) is 23.3 Å². The Kier molecular flexibility index (Phi) is 16.4. The molecule has 380 valence electrons. The Hall–Kier alpha value is -6.45. The Bertz CT molecular complexity index is 2710. The molecule has 18 nitrogen and oxygen atoms in total. The number of rotatable bonds is 18. The molecule has 6 heterocycles. The summed E-state index contributed by atoms with van der Waals surface area (Å²) >= 11 is 4.37. The largest absolute Gasteiger partial charge is 0.486 e. The van der Waals surface area contributed by atoms with Crippen molar-refractivity contribution in [3.63, 3.8) is 0 Å². The van der Waals surface area contributed by atoms with Gasteiger partial charge in [-0.25, -0.2) is 19.2 Å². The summed E-state index contributed by atoms with van der Waals surface area (Å²) in [4.78, 5) is 110.